The summed E-state index contributed by atoms with van der Waals surface area (Å²) in [6.07, 6.45) is 4.53. The molecule has 0 N–H and O–H groups in total. The molecule has 0 aliphatic heterocycles. The first kappa shape index (κ1) is 12.8. The van der Waals surface area contributed by atoms with E-state index < -0.39 is 0 Å². The molecule has 0 spiro atoms. The van der Waals surface area contributed by atoms with Crippen molar-refractivity contribution in [2.24, 2.45) is 0 Å². The van der Waals surface area contributed by atoms with E-state index in [-0.39, 0.29) is 0 Å². The number of benzene rings is 3. The highest BCUT2D eigenvalue weighted by Gasteiger charge is 2.19. The van der Waals surface area contributed by atoms with Crippen LogP contribution in [0.5, 0.6) is 0 Å². The Kier molecular flexibility index (Phi) is 2.97. The summed E-state index contributed by atoms with van der Waals surface area (Å²) in [7, 11) is 0. The molecule has 0 bridgehead atoms. The number of allylic oxidation sites excluding steroid dienone is 1. The average Bonchev–Trinajstić information content (AvgIpc) is 2.91. The van der Waals surface area contributed by atoms with Gasteiger partial charge in [-0.05, 0) is 46.0 Å². The molecule has 4 rings (SSSR count). The zero-order valence-corrected chi connectivity index (χ0v) is 13.4. The molecule has 3 aromatic rings. The van der Waals surface area contributed by atoms with Crippen molar-refractivity contribution in [1.82, 2.24) is 0 Å². The largest absolute Gasteiger partial charge is 0.0720 e. The first-order valence-corrected chi connectivity index (χ1v) is 7.99. The van der Waals surface area contributed by atoms with Crippen molar-refractivity contribution in [2.45, 2.75) is 12.8 Å². The lowest BCUT2D eigenvalue weighted by Crippen LogP contribution is -1.96. The van der Waals surface area contributed by atoms with Crippen LogP contribution in [-0.2, 0) is 0 Å². The predicted octanol–water partition coefficient (Wildman–Crippen LogP) is 6.07. The fourth-order valence-corrected chi connectivity index (χ4v) is 4.10. The molecule has 3 aromatic carbocycles. The Labute approximate surface area is 133 Å². The molecule has 0 saturated heterocycles. The van der Waals surface area contributed by atoms with Crippen molar-refractivity contribution in [3.8, 4) is 0 Å². The van der Waals surface area contributed by atoms with Crippen LogP contribution in [0.4, 0.5) is 0 Å². The van der Waals surface area contributed by atoms with E-state index in [0.717, 1.165) is 0 Å². The third-order valence-corrected chi connectivity index (χ3v) is 4.94. The van der Waals surface area contributed by atoms with Gasteiger partial charge in [0.25, 0.3) is 0 Å². The van der Waals surface area contributed by atoms with Crippen molar-refractivity contribution >= 4 is 32.8 Å². The van der Waals surface area contributed by atoms with Crippen LogP contribution in [0, 0.1) is 6.92 Å². The first-order valence-electron chi connectivity index (χ1n) is 7.20. The lowest BCUT2D eigenvalue weighted by Gasteiger charge is -2.14. The number of aryl methyl sites for hydroxylation is 1. The van der Waals surface area contributed by atoms with Gasteiger partial charge in [0, 0.05) is 10.4 Å². The van der Waals surface area contributed by atoms with Gasteiger partial charge in [0.1, 0.15) is 0 Å². The molecule has 0 aromatic heterocycles. The molecule has 0 nitrogen and oxygen atoms in total. The minimum atomic E-state index is 0.363. The van der Waals surface area contributed by atoms with Crippen LogP contribution < -0.4 is 0 Å². The molecular formula is C20H15Br. The smallest absolute Gasteiger partial charge is 0.0279 e. The highest BCUT2D eigenvalue weighted by atomic mass is 79.9. The summed E-state index contributed by atoms with van der Waals surface area (Å²) in [5, 5.41) is 2.62. The monoisotopic (exact) mass is 334 g/mol. The minimum Gasteiger partial charge on any atom is -0.0720 e. The van der Waals surface area contributed by atoms with Crippen LogP contribution in [0.1, 0.15) is 28.2 Å². The molecule has 1 heteroatoms. The predicted molar refractivity (Wildman–Crippen MR) is 93.7 cm³/mol. The molecule has 0 heterocycles. The van der Waals surface area contributed by atoms with E-state index >= 15 is 0 Å². The molecule has 0 fully saturated rings. The third-order valence-electron chi connectivity index (χ3n) is 4.32. The maximum atomic E-state index is 3.76. The first-order chi connectivity index (χ1) is 10.2. The van der Waals surface area contributed by atoms with Gasteiger partial charge in [-0.3, -0.25) is 0 Å². The van der Waals surface area contributed by atoms with E-state index in [4.69, 9.17) is 0 Å². The molecule has 1 unspecified atom stereocenters. The Morgan fingerprint density at radius 2 is 1.81 bits per heavy atom. The highest BCUT2D eigenvalue weighted by molar-refractivity contribution is 9.10. The van der Waals surface area contributed by atoms with Gasteiger partial charge in [0.2, 0.25) is 0 Å². The Balaban J connectivity index is 1.92. The Morgan fingerprint density at radius 1 is 0.952 bits per heavy atom. The number of rotatable bonds is 1. The summed E-state index contributed by atoms with van der Waals surface area (Å²) in [5.41, 5.74) is 5.40. The van der Waals surface area contributed by atoms with E-state index in [1.54, 1.807) is 0 Å². The standard InChI is InChI=1S/C20H15Br/c1-13-5-4-7-15-11-16(12-19(21)20(13)15)18-10-9-14-6-2-3-8-17(14)18/h2-12,18H,1H3. The maximum absolute atomic E-state index is 3.76. The molecular weight excluding hydrogens is 320 g/mol. The zero-order chi connectivity index (χ0) is 14.4. The van der Waals surface area contributed by atoms with Gasteiger partial charge in [0.05, 0.1) is 0 Å². The quantitative estimate of drug-likeness (QED) is 0.506. The van der Waals surface area contributed by atoms with E-state index in [0.29, 0.717) is 5.92 Å². The Morgan fingerprint density at radius 3 is 2.71 bits per heavy atom. The molecule has 1 aliphatic rings. The van der Waals surface area contributed by atoms with Gasteiger partial charge < -0.3 is 0 Å². The van der Waals surface area contributed by atoms with Crippen molar-refractivity contribution in [3.63, 3.8) is 0 Å². The van der Waals surface area contributed by atoms with Gasteiger partial charge in [-0.1, -0.05) is 76.6 Å². The van der Waals surface area contributed by atoms with Gasteiger partial charge in [0.15, 0.2) is 0 Å². The van der Waals surface area contributed by atoms with Crippen molar-refractivity contribution in [2.75, 3.05) is 0 Å². The summed E-state index contributed by atoms with van der Waals surface area (Å²) in [5.74, 6) is 0.363. The normalized spacial score (nSPS) is 16.4. The highest BCUT2D eigenvalue weighted by Crippen LogP contribution is 2.38. The summed E-state index contributed by atoms with van der Waals surface area (Å²) in [6.45, 7) is 2.16. The lowest BCUT2D eigenvalue weighted by atomic mass is 9.91. The van der Waals surface area contributed by atoms with Crippen LogP contribution >= 0.6 is 15.9 Å². The average molecular weight is 335 g/mol. The van der Waals surface area contributed by atoms with E-state index in [2.05, 4.69) is 89.6 Å². The van der Waals surface area contributed by atoms with Crippen LogP contribution in [0.25, 0.3) is 16.8 Å². The van der Waals surface area contributed by atoms with Crippen molar-refractivity contribution in [1.29, 1.82) is 0 Å². The molecule has 102 valence electrons. The number of halogens is 1. The SMILES string of the molecule is Cc1cccc2cc(C3C=Cc4ccccc43)cc(Br)c12. The number of fused-ring (bicyclic) bond motifs is 2. The summed E-state index contributed by atoms with van der Waals surface area (Å²) < 4.78 is 1.19. The van der Waals surface area contributed by atoms with E-state index in [1.165, 1.54) is 37.5 Å². The lowest BCUT2D eigenvalue weighted by molar-refractivity contribution is 1.05. The van der Waals surface area contributed by atoms with E-state index in [9.17, 15) is 0 Å². The fourth-order valence-electron chi connectivity index (χ4n) is 3.30. The Bertz CT molecular complexity index is 874. The maximum Gasteiger partial charge on any atom is 0.0279 e. The molecule has 0 amide bonds. The van der Waals surface area contributed by atoms with E-state index in [1.807, 2.05) is 0 Å². The minimum absolute atomic E-state index is 0.363. The van der Waals surface area contributed by atoms with Crippen molar-refractivity contribution < 1.29 is 0 Å². The fraction of sp³-hybridized carbons (Fsp3) is 0.100. The second-order valence-corrected chi connectivity index (χ2v) is 6.50. The van der Waals surface area contributed by atoms with Crippen LogP contribution in [0.3, 0.4) is 0 Å². The van der Waals surface area contributed by atoms with Crippen LogP contribution in [0.15, 0.2) is 65.1 Å². The second-order valence-electron chi connectivity index (χ2n) is 5.64. The van der Waals surface area contributed by atoms with Crippen LogP contribution in [-0.4, -0.2) is 0 Å². The van der Waals surface area contributed by atoms with Crippen LogP contribution in [0.2, 0.25) is 0 Å². The molecule has 1 aliphatic carbocycles. The summed E-state index contributed by atoms with van der Waals surface area (Å²) in [4.78, 5) is 0. The third kappa shape index (κ3) is 2.04. The zero-order valence-electron chi connectivity index (χ0n) is 11.8. The Hall–Kier alpha value is -1.86. The van der Waals surface area contributed by atoms with Gasteiger partial charge in [-0.2, -0.15) is 0 Å². The van der Waals surface area contributed by atoms with Gasteiger partial charge >= 0.3 is 0 Å². The topological polar surface area (TPSA) is 0 Å². The van der Waals surface area contributed by atoms with Gasteiger partial charge in [-0.25, -0.2) is 0 Å². The number of hydrogen-bond donors (Lipinski definition) is 0. The van der Waals surface area contributed by atoms with Crippen molar-refractivity contribution in [3.05, 3.63) is 87.4 Å². The molecule has 0 radical (unpaired) electrons. The number of hydrogen-bond acceptors (Lipinski definition) is 0. The molecule has 21 heavy (non-hydrogen) atoms. The van der Waals surface area contributed by atoms with Gasteiger partial charge in [-0.15, -0.1) is 0 Å². The molecule has 0 saturated carbocycles. The summed E-state index contributed by atoms with van der Waals surface area (Å²) >= 11 is 3.76. The summed E-state index contributed by atoms with van der Waals surface area (Å²) in [6, 6.07) is 19.7. The second kappa shape index (κ2) is 4.85. The molecule has 1 atom stereocenters.